The second kappa shape index (κ2) is 8.44. The van der Waals surface area contributed by atoms with Crippen molar-refractivity contribution in [3.8, 4) is 5.75 Å². The Hall–Kier alpha value is -2.56. The van der Waals surface area contributed by atoms with Gasteiger partial charge in [-0.15, -0.1) is 0 Å². The van der Waals surface area contributed by atoms with Crippen molar-refractivity contribution in [2.24, 2.45) is 5.10 Å². The number of nitrogens with one attached hydrogen (secondary N) is 1. The van der Waals surface area contributed by atoms with Crippen LogP contribution in [0, 0.1) is 5.82 Å². The van der Waals surface area contributed by atoms with Crippen molar-refractivity contribution in [3.63, 3.8) is 0 Å². The van der Waals surface area contributed by atoms with Gasteiger partial charge in [-0.1, -0.05) is 23.7 Å². The topological polar surface area (TPSA) is 33.6 Å². The van der Waals surface area contributed by atoms with Crippen LogP contribution in [0.1, 0.15) is 11.1 Å². The van der Waals surface area contributed by atoms with E-state index in [2.05, 4.69) is 5.10 Å². The Balaban J connectivity index is 2.15. The molecule has 0 aliphatic carbocycles. The first-order valence-electron chi connectivity index (χ1n) is 7.63. The lowest BCUT2D eigenvalue weighted by atomic mass is 10.2. The molecular weight excluding hydrogens is 436 g/mol. The maximum Gasteiger partial charge on any atom is 0.462 e. The van der Waals surface area contributed by atoms with Gasteiger partial charge in [-0.2, -0.15) is 35.8 Å². The third kappa shape index (κ3) is 5.49. The van der Waals surface area contributed by atoms with Crippen molar-refractivity contribution in [1.82, 2.24) is 5.43 Å². The lowest BCUT2D eigenvalue weighted by Gasteiger charge is -2.27. The molecule has 1 N–H and O–H groups in total. The number of ether oxygens (including phenoxy) is 1. The number of hydrogen-bond donors (Lipinski definition) is 1. The number of hydrogen-bond acceptors (Lipinski definition) is 3. The second-order valence-electron chi connectivity index (χ2n) is 5.61. The van der Waals surface area contributed by atoms with Gasteiger partial charge in [0.05, 0.1) is 6.21 Å². The van der Waals surface area contributed by atoms with Crippen LogP contribution in [0.4, 0.5) is 35.1 Å². The van der Waals surface area contributed by atoms with Gasteiger partial charge in [-0.3, -0.25) is 0 Å². The average Bonchev–Trinajstić information content (AvgIpc) is 2.61. The van der Waals surface area contributed by atoms with Crippen LogP contribution in [0.3, 0.4) is 0 Å². The first kappa shape index (κ1) is 22.7. The lowest BCUT2D eigenvalue weighted by Crippen LogP contribution is -2.58. The van der Waals surface area contributed by atoms with Gasteiger partial charge in [-0.05, 0) is 35.9 Å². The highest BCUT2D eigenvalue weighted by Crippen LogP contribution is 2.45. The highest BCUT2D eigenvalue weighted by molar-refractivity contribution is 6.30. The molecule has 2 aromatic carbocycles. The molecule has 12 heteroatoms. The summed E-state index contributed by atoms with van der Waals surface area (Å²) in [4.78, 5) is 0. The molecule has 0 saturated carbocycles. The number of rotatable bonds is 7. The highest BCUT2D eigenvalue weighted by atomic mass is 35.5. The Morgan fingerprint density at radius 3 is 2.17 bits per heavy atom. The van der Waals surface area contributed by atoms with E-state index in [4.69, 9.17) is 16.3 Å². The van der Waals surface area contributed by atoms with Gasteiger partial charge in [0.25, 0.3) is 0 Å². The van der Waals surface area contributed by atoms with Crippen LogP contribution in [0.15, 0.2) is 47.6 Å². The molecule has 0 amide bonds. The minimum absolute atomic E-state index is 0.00942. The number of halogens is 9. The smallest absolute Gasteiger partial charge is 0.462 e. The van der Waals surface area contributed by atoms with Gasteiger partial charge in [0.2, 0.25) is 0 Å². The zero-order valence-electron chi connectivity index (χ0n) is 14.1. The van der Waals surface area contributed by atoms with E-state index in [1.165, 1.54) is 36.4 Å². The summed E-state index contributed by atoms with van der Waals surface area (Å²) in [6.45, 7) is -0.0848. The molecule has 0 atom stereocenters. The summed E-state index contributed by atoms with van der Waals surface area (Å²) in [6, 6.07) is 3.31. The van der Waals surface area contributed by atoms with Crippen molar-refractivity contribution >= 4 is 17.8 Å². The molecule has 0 unspecified atom stereocenters. The zero-order valence-corrected chi connectivity index (χ0v) is 14.8. The van der Waals surface area contributed by atoms with E-state index >= 15 is 0 Å². The fourth-order valence-electron chi connectivity index (χ4n) is 1.92. The molecule has 3 nitrogen and oxygen atoms in total. The van der Waals surface area contributed by atoms with E-state index in [1.54, 1.807) is 0 Å². The van der Waals surface area contributed by atoms with Gasteiger partial charge >= 0.3 is 18.1 Å². The lowest BCUT2D eigenvalue weighted by molar-refractivity contribution is -0.361. The maximum atomic E-state index is 13.2. The van der Waals surface area contributed by atoms with Crippen LogP contribution in [0.5, 0.6) is 5.75 Å². The molecule has 2 aromatic rings. The number of hydrazone groups is 1. The predicted octanol–water partition coefficient (Wildman–Crippen LogP) is 5.77. The van der Waals surface area contributed by atoms with Crippen LogP contribution >= 0.6 is 11.6 Å². The maximum absolute atomic E-state index is 13.2. The van der Waals surface area contributed by atoms with Crippen molar-refractivity contribution in [3.05, 3.63) is 64.4 Å². The fourth-order valence-corrected chi connectivity index (χ4v) is 2.11. The molecule has 2 rings (SSSR count). The van der Waals surface area contributed by atoms with E-state index in [1.807, 2.05) is 0 Å². The molecule has 0 fully saturated rings. The van der Waals surface area contributed by atoms with E-state index < -0.39 is 24.0 Å². The average molecular weight is 447 g/mol. The largest absolute Gasteiger partial charge is 0.488 e. The van der Waals surface area contributed by atoms with Gasteiger partial charge in [0.1, 0.15) is 18.2 Å². The third-order valence-electron chi connectivity index (χ3n) is 3.44. The van der Waals surface area contributed by atoms with Gasteiger partial charge in [-0.25, -0.2) is 9.82 Å². The summed E-state index contributed by atoms with van der Waals surface area (Å²) in [6.07, 6.45) is -5.94. The predicted molar refractivity (Wildman–Crippen MR) is 88.9 cm³/mol. The van der Waals surface area contributed by atoms with Crippen molar-refractivity contribution in [2.75, 3.05) is 0 Å². The zero-order chi connectivity index (χ0) is 21.9. The molecule has 0 aliphatic heterocycles. The Morgan fingerprint density at radius 1 is 0.966 bits per heavy atom. The van der Waals surface area contributed by atoms with Crippen molar-refractivity contribution in [1.29, 1.82) is 0 Å². The third-order valence-corrected chi connectivity index (χ3v) is 3.67. The summed E-state index contributed by atoms with van der Waals surface area (Å²) in [5, 5.41) is 2.86. The Bertz CT molecular complexity index is 869. The van der Waals surface area contributed by atoms with Gasteiger partial charge < -0.3 is 4.74 Å². The molecule has 0 aliphatic rings. The van der Waals surface area contributed by atoms with Crippen LogP contribution < -0.4 is 10.2 Å². The quantitative estimate of drug-likeness (QED) is 0.253. The molecule has 0 heterocycles. The van der Waals surface area contributed by atoms with E-state index in [0.29, 0.717) is 17.2 Å². The van der Waals surface area contributed by atoms with Crippen LogP contribution in [-0.4, -0.2) is 24.4 Å². The molecule has 0 aromatic heterocycles. The van der Waals surface area contributed by atoms with E-state index in [0.717, 1.165) is 6.07 Å². The molecule has 158 valence electrons. The Kier molecular flexibility index (Phi) is 6.61. The monoisotopic (exact) mass is 446 g/mol. The molecule has 0 saturated heterocycles. The highest BCUT2D eigenvalue weighted by Gasteiger charge is 2.73. The first-order valence-corrected chi connectivity index (χ1v) is 8.01. The van der Waals surface area contributed by atoms with Gasteiger partial charge in [0.15, 0.2) is 0 Å². The Morgan fingerprint density at radius 2 is 1.59 bits per heavy atom. The van der Waals surface area contributed by atoms with Gasteiger partial charge in [0, 0.05) is 10.6 Å². The first-order chi connectivity index (χ1) is 13.3. The molecular formula is C17H11ClF8N2O. The van der Waals surface area contributed by atoms with Crippen molar-refractivity contribution in [2.45, 2.75) is 24.8 Å². The summed E-state index contributed by atoms with van der Waals surface area (Å²) in [7, 11) is 0. The second-order valence-corrected chi connectivity index (χ2v) is 6.05. The summed E-state index contributed by atoms with van der Waals surface area (Å²) >= 11 is 5.76. The molecule has 0 radical (unpaired) electrons. The SMILES string of the molecule is Fc1ccc(COc2ccc(Cl)cc2/C=N\NC(F)(F)C(F)(F)C(F)(F)F)cc1. The number of nitrogens with zero attached hydrogens (tertiary/aromatic N) is 1. The summed E-state index contributed by atoms with van der Waals surface area (Å²) in [5.41, 5.74) is 0.962. The number of benzene rings is 2. The minimum Gasteiger partial charge on any atom is -0.488 e. The van der Waals surface area contributed by atoms with Crippen LogP contribution in [0.25, 0.3) is 0 Å². The molecule has 0 spiro atoms. The van der Waals surface area contributed by atoms with Crippen LogP contribution in [-0.2, 0) is 6.61 Å². The fraction of sp³-hybridized carbons (Fsp3) is 0.235. The molecule has 0 bridgehead atoms. The summed E-state index contributed by atoms with van der Waals surface area (Å²) in [5.74, 6) is -6.82. The molecule has 29 heavy (non-hydrogen) atoms. The standard InChI is InChI=1S/C17H11ClF8N2O/c18-12-3-6-14(29-9-10-1-4-13(19)5-2-10)11(7-12)8-27-28-17(25,26)15(20,21)16(22,23)24/h1-8,28H,9H2/b27-8-. The Labute approximate surface area is 163 Å². The van der Waals surface area contributed by atoms with Crippen LogP contribution in [0.2, 0.25) is 5.02 Å². The van der Waals surface area contributed by atoms with E-state index in [9.17, 15) is 35.1 Å². The number of alkyl halides is 7. The van der Waals surface area contributed by atoms with Crippen molar-refractivity contribution < 1.29 is 39.9 Å². The van der Waals surface area contributed by atoms with E-state index in [-0.39, 0.29) is 22.9 Å². The normalized spacial score (nSPS) is 13.0. The summed E-state index contributed by atoms with van der Waals surface area (Å²) < 4.78 is 107. The minimum atomic E-state index is -6.49.